The monoisotopic (exact) mass is 519 g/mol. The Balaban J connectivity index is 1.50. The molecule has 1 aromatic rings. The van der Waals surface area contributed by atoms with Gasteiger partial charge in [-0.3, -0.25) is 23.2 Å². The van der Waals surface area contributed by atoms with Crippen molar-refractivity contribution >= 4 is 40.9 Å². The molecule has 4 rings (SSSR count). The highest BCUT2D eigenvalue weighted by atomic mass is 31.3. The lowest BCUT2D eigenvalue weighted by Crippen LogP contribution is -2.61. The van der Waals surface area contributed by atoms with Crippen molar-refractivity contribution in [3.05, 3.63) is 10.4 Å². The number of phosphoric ester groups is 1. The van der Waals surface area contributed by atoms with E-state index in [1.54, 1.807) is 0 Å². The minimum absolute atomic E-state index is 0.0579. The van der Waals surface area contributed by atoms with Crippen LogP contribution in [0, 0.1) is 0 Å². The fraction of sp³-hybridized carbons (Fsp3) is 0.600. The molecule has 2 fully saturated rings. The fourth-order valence-electron chi connectivity index (χ4n) is 3.67. The smallest absolute Gasteiger partial charge is 0.278 e. The Morgan fingerprint density at radius 1 is 1.22 bits per heavy atom. The first-order valence-corrected chi connectivity index (χ1v) is 12.6. The van der Waals surface area contributed by atoms with Crippen molar-refractivity contribution in [1.82, 2.24) is 9.97 Å². The van der Waals surface area contributed by atoms with Gasteiger partial charge in [-0.15, -0.1) is 0 Å². The van der Waals surface area contributed by atoms with Crippen LogP contribution in [0.15, 0.2) is 4.79 Å². The number of aliphatic hydroxyl groups is 2. The maximum atomic E-state index is 12.1. The zero-order chi connectivity index (χ0) is 23.9. The number of anilines is 3. The number of aromatic nitrogens is 2. The Hall–Kier alpha value is -1.43. The second-order valence-electron chi connectivity index (χ2n) is 6.75. The summed E-state index contributed by atoms with van der Waals surface area (Å²) in [6, 6.07) is 0. The normalized spacial score (nSPS) is 34.5. The van der Waals surface area contributed by atoms with Crippen LogP contribution in [0.25, 0.3) is 0 Å². The number of phosphoric acid groups is 3. The molecule has 7 unspecified atom stereocenters. The first-order chi connectivity index (χ1) is 14.5. The van der Waals surface area contributed by atoms with Crippen LogP contribution in [0.2, 0.25) is 0 Å². The van der Waals surface area contributed by atoms with Crippen LogP contribution in [0.3, 0.4) is 0 Å². The van der Waals surface area contributed by atoms with Gasteiger partial charge in [0, 0.05) is 0 Å². The van der Waals surface area contributed by atoms with E-state index in [0.29, 0.717) is 0 Å². The third kappa shape index (κ3) is 3.91. The Kier molecular flexibility index (Phi) is 5.40. The number of fused-ring (bicyclic) bond motifs is 7. The van der Waals surface area contributed by atoms with Crippen molar-refractivity contribution in [2.75, 3.05) is 22.6 Å². The number of aliphatic hydroxyl groups excluding tert-OH is 1. The van der Waals surface area contributed by atoms with Gasteiger partial charge >= 0.3 is 0 Å². The standard InChI is InChI=1S/C10H16N5O14P3/c11-9-13-5-3(6(17)14-9)12-8-10(18)2(27-7(4(10)16)15(5)8)1-26-31(22,23)29-32(24,25)28-30(19,20)21/h2,4,7-8,12,16,18H,1H2,(H,22,23)(H,24,25)(H2,19,20,21)(H3,11,13,14,17)/p-4. The first-order valence-electron chi connectivity index (χ1n) is 8.26. The number of nitrogens with two attached hydrogens (primary N) is 1. The van der Waals surface area contributed by atoms with Crippen molar-refractivity contribution in [3.8, 4) is 0 Å². The third-order valence-corrected chi connectivity index (χ3v) is 8.45. The minimum Gasteiger partial charge on any atom is -0.790 e. The molecule has 0 amide bonds. The molecule has 32 heavy (non-hydrogen) atoms. The average Bonchev–Trinajstić information content (AvgIpc) is 3.15. The molecule has 0 aromatic carbocycles. The van der Waals surface area contributed by atoms with Gasteiger partial charge in [0.25, 0.3) is 21.2 Å². The van der Waals surface area contributed by atoms with Gasteiger partial charge in [0.1, 0.15) is 24.1 Å². The van der Waals surface area contributed by atoms with Gasteiger partial charge in [-0.2, -0.15) is 4.98 Å². The molecular formula is C10H12N5O14P3-4. The molecule has 2 bridgehead atoms. The zero-order valence-electron chi connectivity index (χ0n) is 15.1. The topological polar surface area (TPSA) is 308 Å². The highest BCUT2D eigenvalue weighted by Gasteiger charge is 2.72. The van der Waals surface area contributed by atoms with Gasteiger partial charge in [0.05, 0.1) is 14.4 Å². The third-order valence-electron chi connectivity index (χ3n) is 4.78. The largest absolute Gasteiger partial charge is 0.790 e. The van der Waals surface area contributed by atoms with Crippen LogP contribution in [-0.2, 0) is 31.6 Å². The van der Waals surface area contributed by atoms with Gasteiger partial charge < -0.3 is 59.6 Å². The number of ether oxygens (including phenoxy) is 1. The number of rotatable bonds is 7. The summed E-state index contributed by atoms with van der Waals surface area (Å²) in [6.45, 7) is -1.13. The predicted octanol–water partition coefficient (Wildman–Crippen LogP) is -5.44. The number of H-pyrrole nitrogens is 1. The van der Waals surface area contributed by atoms with E-state index in [2.05, 4.69) is 28.4 Å². The van der Waals surface area contributed by atoms with Gasteiger partial charge in [-0.1, -0.05) is 0 Å². The number of aromatic amines is 1. The van der Waals surface area contributed by atoms with E-state index in [-0.39, 0.29) is 17.5 Å². The summed E-state index contributed by atoms with van der Waals surface area (Å²) < 4.78 is 49.4. The summed E-state index contributed by atoms with van der Waals surface area (Å²) in [5, 5.41) is 24.1. The summed E-state index contributed by atoms with van der Waals surface area (Å²) in [5.74, 6) is -0.327. The van der Waals surface area contributed by atoms with Crippen molar-refractivity contribution in [1.29, 1.82) is 0 Å². The van der Waals surface area contributed by atoms with Crippen LogP contribution in [0.4, 0.5) is 17.5 Å². The summed E-state index contributed by atoms with van der Waals surface area (Å²) in [5.41, 5.74) is 2.35. The Morgan fingerprint density at radius 2 is 1.88 bits per heavy atom. The number of hydrogen-bond donors (Lipinski definition) is 5. The molecule has 3 aliphatic heterocycles. The zero-order valence-corrected chi connectivity index (χ0v) is 17.8. The van der Waals surface area contributed by atoms with Crippen LogP contribution >= 0.6 is 23.5 Å². The molecule has 19 nitrogen and oxygen atoms in total. The highest BCUT2D eigenvalue weighted by Crippen LogP contribution is 2.61. The fourth-order valence-corrected chi connectivity index (χ4v) is 6.52. The summed E-state index contributed by atoms with van der Waals surface area (Å²) in [4.78, 5) is 63.0. The van der Waals surface area contributed by atoms with Crippen LogP contribution in [0.5, 0.6) is 0 Å². The van der Waals surface area contributed by atoms with E-state index < -0.39 is 65.8 Å². The van der Waals surface area contributed by atoms with E-state index >= 15 is 0 Å². The quantitative estimate of drug-likeness (QED) is 0.210. The minimum atomic E-state index is -6.18. The van der Waals surface area contributed by atoms with E-state index in [1.165, 1.54) is 4.90 Å². The van der Waals surface area contributed by atoms with Crippen molar-refractivity contribution < 1.29 is 61.4 Å². The van der Waals surface area contributed by atoms with Crippen molar-refractivity contribution in [2.45, 2.75) is 30.2 Å². The molecule has 7 atom stereocenters. The lowest BCUT2D eigenvalue weighted by Gasteiger charge is -2.40. The molecule has 3 aliphatic rings. The van der Waals surface area contributed by atoms with Crippen LogP contribution < -0.4 is 41.1 Å². The molecule has 180 valence electrons. The molecule has 0 saturated carbocycles. The summed E-state index contributed by atoms with van der Waals surface area (Å²) in [6.07, 6.45) is -5.93. The molecule has 0 spiro atoms. The van der Waals surface area contributed by atoms with Gasteiger partial charge in [-0.25, -0.2) is 4.31 Å². The second kappa shape index (κ2) is 7.28. The molecule has 6 N–H and O–H groups in total. The molecular weight excluding hydrogens is 507 g/mol. The lowest BCUT2D eigenvalue weighted by molar-refractivity contribution is -0.339. The van der Waals surface area contributed by atoms with E-state index in [1.807, 2.05) is 0 Å². The number of nitrogens with one attached hydrogen (secondary N) is 2. The van der Waals surface area contributed by atoms with E-state index in [0.717, 1.165) is 0 Å². The van der Waals surface area contributed by atoms with Gasteiger partial charge in [0.15, 0.2) is 17.6 Å². The first kappa shape index (κ1) is 23.7. The number of nitrogen functional groups attached to an aromatic ring is 1. The maximum Gasteiger partial charge on any atom is 0.278 e. The van der Waals surface area contributed by atoms with E-state index in [4.69, 9.17) is 10.5 Å². The predicted molar refractivity (Wildman–Crippen MR) is 89.7 cm³/mol. The van der Waals surface area contributed by atoms with Gasteiger partial charge in [0.2, 0.25) is 5.95 Å². The Bertz CT molecular complexity index is 1150. The second-order valence-corrected chi connectivity index (χ2v) is 11.0. The average molecular weight is 519 g/mol. The molecule has 1 aromatic heterocycles. The maximum absolute atomic E-state index is 12.1. The summed E-state index contributed by atoms with van der Waals surface area (Å²) in [7, 11) is -18.2. The molecule has 4 heterocycles. The van der Waals surface area contributed by atoms with Crippen LogP contribution in [-0.4, -0.2) is 57.0 Å². The molecule has 0 radical (unpaired) electrons. The van der Waals surface area contributed by atoms with E-state index in [9.17, 15) is 48.3 Å². The highest BCUT2D eigenvalue weighted by molar-refractivity contribution is 7.64. The van der Waals surface area contributed by atoms with Crippen LogP contribution in [0.1, 0.15) is 0 Å². The SMILES string of the molecule is Nc1nc2c(c(=O)[nH]1)NC1N2C2OC(COP(=O)([O-])OP(=O)([O-])OP(=O)([O-])[O-])C1(O)C2O. The van der Waals surface area contributed by atoms with Crippen molar-refractivity contribution in [3.63, 3.8) is 0 Å². The number of nitrogens with zero attached hydrogens (tertiary/aromatic N) is 2. The van der Waals surface area contributed by atoms with Gasteiger partial charge in [-0.05, 0) is 0 Å². The number of hydrogen-bond acceptors (Lipinski definition) is 18. The molecule has 2 saturated heterocycles. The Morgan fingerprint density at radius 3 is 2.50 bits per heavy atom. The Labute approximate surface area is 176 Å². The lowest BCUT2D eigenvalue weighted by atomic mass is 9.92. The molecule has 22 heteroatoms. The van der Waals surface area contributed by atoms with Crippen molar-refractivity contribution in [2.24, 2.45) is 0 Å². The summed E-state index contributed by atoms with van der Waals surface area (Å²) >= 11 is 0. The molecule has 0 aliphatic carbocycles.